The van der Waals surface area contributed by atoms with E-state index in [1.807, 2.05) is 10.9 Å². The zero-order valence-corrected chi connectivity index (χ0v) is 11.3. The van der Waals surface area contributed by atoms with Crippen LogP contribution in [0.3, 0.4) is 0 Å². The smallest absolute Gasteiger partial charge is 0.0635 e. The van der Waals surface area contributed by atoms with Gasteiger partial charge in [-0.25, -0.2) is 0 Å². The number of aryl methyl sites for hydroxylation is 1. The van der Waals surface area contributed by atoms with E-state index in [2.05, 4.69) is 57.7 Å². The fourth-order valence-corrected chi connectivity index (χ4v) is 2.20. The Balaban J connectivity index is 3.03. The van der Waals surface area contributed by atoms with Crippen molar-refractivity contribution in [3.63, 3.8) is 0 Å². The molecule has 13 heavy (non-hydrogen) atoms. The van der Waals surface area contributed by atoms with Crippen LogP contribution in [0.1, 0.15) is 32.4 Å². The van der Waals surface area contributed by atoms with Crippen molar-refractivity contribution in [3.8, 4) is 0 Å². The summed E-state index contributed by atoms with van der Waals surface area (Å²) < 4.78 is 3.14. The van der Waals surface area contributed by atoms with E-state index < -0.39 is 0 Å². The van der Waals surface area contributed by atoms with Crippen LogP contribution < -0.4 is 0 Å². The monoisotopic (exact) mass is 308 g/mol. The fourth-order valence-electron chi connectivity index (χ4n) is 1.29. The zero-order valence-electron chi connectivity index (χ0n) is 8.09. The third-order valence-corrected chi connectivity index (χ3v) is 3.66. The number of aromatic nitrogens is 2. The molecular formula is C9H14Br2N2. The largest absolute Gasteiger partial charge is 0.268 e. The Hall–Kier alpha value is 0.170. The molecule has 2 atom stereocenters. The molecular weight excluding hydrogens is 296 g/mol. The molecule has 1 heterocycles. The van der Waals surface area contributed by atoms with Crippen molar-refractivity contribution in [3.05, 3.63) is 16.4 Å². The Bertz CT molecular complexity index is 281. The highest BCUT2D eigenvalue weighted by molar-refractivity contribution is 9.10. The van der Waals surface area contributed by atoms with Crippen LogP contribution in [-0.4, -0.2) is 14.6 Å². The van der Waals surface area contributed by atoms with E-state index in [0.717, 1.165) is 11.0 Å². The molecule has 0 aliphatic heterocycles. The van der Waals surface area contributed by atoms with Crippen LogP contribution in [0.4, 0.5) is 0 Å². The van der Waals surface area contributed by atoms with Crippen molar-refractivity contribution in [1.82, 2.24) is 9.78 Å². The first kappa shape index (κ1) is 11.2. The summed E-state index contributed by atoms with van der Waals surface area (Å²) in [6.45, 7) is 7.39. The zero-order chi connectivity index (χ0) is 10.0. The third kappa shape index (κ3) is 2.34. The Morgan fingerprint density at radius 1 is 1.54 bits per heavy atom. The van der Waals surface area contributed by atoms with E-state index in [0.29, 0.717) is 10.7 Å². The molecule has 1 aromatic rings. The number of hydrogen-bond acceptors (Lipinski definition) is 1. The molecule has 0 N–H and O–H groups in total. The molecule has 0 saturated carbocycles. The average molecular weight is 310 g/mol. The van der Waals surface area contributed by atoms with Gasteiger partial charge < -0.3 is 0 Å². The van der Waals surface area contributed by atoms with Crippen LogP contribution >= 0.6 is 31.9 Å². The van der Waals surface area contributed by atoms with E-state index in [9.17, 15) is 0 Å². The van der Waals surface area contributed by atoms with Gasteiger partial charge in [0.25, 0.3) is 0 Å². The average Bonchev–Trinajstić information content (AvgIpc) is 2.45. The Labute approximate surface area is 96.0 Å². The van der Waals surface area contributed by atoms with E-state index in [-0.39, 0.29) is 0 Å². The standard InChI is InChI=1S/C9H14Br2N2/c1-4-13-9(6(2)7(3)10)8(11)5-12-13/h5-7H,4H2,1-3H3. The number of halogens is 2. The molecule has 0 fully saturated rings. The molecule has 74 valence electrons. The van der Waals surface area contributed by atoms with Crippen molar-refractivity contribution in [2.45, 2.75) is 38.1 Å². The number of nitrogens with zero attached hydrogens (tertiary/aromatic N) is 2. The van der Waals surface area contributed by atoms with Gasteiger partial charge in [-0.05, 0) is 22.9 Å². The predicted octanol–water partition coefficient (Wildman–Crippen LogP) is 3.55. The molecule has 1 rings (SSSR count). The van der Waals surface area contributed by atoms with Gasteiger partial charge in [0.15, 0.2) is 0 Å². The molecule has 2 nitrogen and oxygen atoms in total. The molecule has 0 radical (unpaired) electrons. The molecule has 0 saturated heterocycles. The molecule has 0 aromatic carbocycles. The lowest BCUT2D eigenvalue weighted by molar-refractivity contribution is 0.579. The highest BCUT2D eigenvalue weighted by Crippen LogP contribution is 2.29. The van der Waals surface area contributed by atoms with Crippen molar-refractivity contribution < 1.29 is 0 Å². The molecule has 0 amide bonds. The molecule has 0 aliphatic rings. The number of hydrogen-bond donors (Lipinski definition) is 0. The maximum Gasteiger partial charge on any atom is 0.0635 e. The summed E-state index contributed by atoms with van der Waals surface area (Å²) in [7, 11) is 0. The second kappa shape index (κ2) is 4.60. The molecule has 1 aromatic heterocycles. The van der Waals surface area contributed by atoms with Crippen molar-refractivity contribution in [2.75, 3.05) is 0 Å². The highest BCUT2D eigenvalue weighted by atomic mass is 79.9. The minimum atomic E-state index is 0.464. The van der Waals surface area contributed by atoms with Gasteiger partial charge in [-0.15, -0.1) is 0 Å². The quantitative estimate of drug-likeness (QED) is 0.781. The van der Waals surface area contributed by atoms with E-state index in [1.165, 1.54) is 5.69 Å². The number of alkyl halides is 1. The summed E-state index contributed by atoms with van der Waals surface area (Å²) in [5.41, 5.74) is 1.27. The van der Waals surface area contributed by atoms with Gasteiger partial charge in [0.05, 0.1) is 16.4 Å². The van der Waals surface area contributed by atoms with E-state index >= 15 is 0 Å². The molecule has 0 bridgehead atoms. The minimum Gasteiger partial charge on any atom is -0.268 e. The fraction of sp³-hybridized carbons (Fsp3) is 0.667. The van der Waals surface area contributed by atoms with E-state index in [4.69, 9.17) is 0 Å². The van der Waals surface area contributed by atoms with Crippen LogP contribution in [0, 0.1) is 0 Å². The predicted molar refractivity (Wildman–Crippen MR) is 62.4 cm³/mol. The van der Waals surface area contributed by atoms with Gasteiger partial charge >= 0.3 is 0 Å². The normalized spacial score (nSPS) is 15.8. The van der Waals surface area contributed by atoms with Gasteiger partial charge in [0, 0.05) is 17.3 Å². The Kier molecular flexibility index (Phi) is 3.98. The first-order valence-corrected chi connectivity index (χ1v) is 6.14. The van der Waals surface area contributed by atoms with Gasteiger partial charge in [-0.2, -0.15) is 5.10 Å². The maximum absolute atomic E-state index is 4.29. The topological polar surface area (TPSA) is 17.8 Å². The van der Waals surface area contributed by atoms with Crippen molar-refractivity contribution >= 4 is 31.9 Å². The van der Waals surface area contributed by atoms with Crippen LogP contribution in [0.2, 0.25) is 0 Å². The van der Waals surface area contributed by atoms with Crippen molar-refractivity contribution in [1.29, 1.82) is 0 Å². The van der Waals surface area contributed by atoms with Gasteiger partial charge in [0.1, 0.15) is 0 Å². The first-order chi connectivity index (χ1) is 6.07. The van der Waals surface area contributed by atoms with Crippen LogP contribution in [0.5, 0.6) is 0 Å². The molecule has 0 aliphatic carbocycles. The highest BCUT2D eigenvalue weighted by Gasteiger charge is 2.18. The van der Waals surface area contributed by atoms with E-state index in [1.54, 1.807) is 0 Å². The van der Waals surface area contributed by atoms with Gasteiger partial charge in [-0.3, -0.25) is 4.68 Å². The lowest BCUT2D eigenvalue weighted by atomic mass is 10.1. The van der Waals surface area contributed by atoms with Crippen LogP contribution in [-0.2, 0) is 6.54 Å². The van der Waals surface area contributed by atoms with Crippen LogP contribution in [0.25, 0.3) is 0 Å². The molecule has 4 heteroatoms. The second-order valence-electron chi connectivity index (χ2n) is 3.16. The summed E-state index contributed by atoms with van der Waals surface area (Å²) in [5, 5.41) is 4.29. The van der Waals surface area contributed by atoms with Crippen molar-refractivity contribution in [2.24, 2.45) is 0 Å². The summed E-state index contributed by atoms with van der Waals surface area (Å²) in [6, 6.07) is 0. The molecule has 2 unspecified atom stereocenters. The first-order valence-electron chi connectivity index (χ1n) is 4.43. The lowest BCUT2D eigenvalue weighted by Gasteiger charge is -2.16. The molecule has 0 spiro atoms. The lowest BCUT2D eigenvalue weighted by Crippen LogP contribution is -2.12. The SMILES string of the molecule is CCn1ncc(Br)c1C(C)C(C)Br. The Morgan fingerprint density at radius 3 is 2.62 bits per heavy atom. The van der Waals surface area contributed by atoms with Gasteiger partial charge in [0.2, 0.25) is 0 Å². The summed E-state index contributed by atoms with van der Waals surface area (Å²) in [4.78, 5) is 0.464. The Morgan fingerprint density at radius 2 is 2.15 bits per heavy atom. The third-order valence-electron chi connectivity index (χ3n) is 2.25. The summed E-state index contributed by atoms with van der Waals surface area (Å²) in [5.74, 6) is 0.469. The number of rotatable bonds is 3. The second-order valence-corrected chi connectivity index (χ2v) is 5.46. The maximum atomic E-state index is 4.29. The van der Waals surface area contributed by atoms with Crippen LogP contribution in [0.15, 0.2) is 10.7 Å². The minimum absolute atomic E-state index is 0.464. The summed E-state index contributed by atoms with van der Waals surface area (Å²) >= 11 is 7.12. The summed E-state index contributed by atoms with van der Waals surface area (Å²) in [6.07, 6.45) is 1.87. The van der Waals surface area contributed by atoms with Gasteiger partial charge in [-0.1, -0.05) is 29.8 Å².